The lowest BCUT2D eigenvalue weighted by Gasteiger charge is -2.12. The molecular weight excluding hydrogens is 272 g/mol. The number of thioether (sulfide) groups is 1. The Balaban J connectivity index is 1.98. The van der Waals surface area contributed by atoms with E-state index in [9.17, 15) is 4.79 Å². The number of aryl methyl sites for hydroxylation is 3. The van der Waals surface area contributed by atoms with E-state index in [4.69, 9.17) is 0 Å². The molecule has 1 amide bonds. The second kappa shape index (κ2) is 6.56. The molecule has 2 aromatic rings. The van der Waals surface area contributed by atoms with Gasteiger partial charge in [-0.3, -0.25) is 9.89 Å². The molecule has 0 atom stereocenters. The molecule has 0 aliphatic heterocycles. The minimum Gasteiger partial charge on any atom is -0.325 e. The van der Waals surface area contributed by atoms with Crippen LogP contribution in [0.15, 0.2) is 23.4 Å². The molecule has 20 heavy (non-hydrogen) atoms. The lowest BCUT2D eigenvalue weighted by Crippen LogP contribution is -2.16. The molecule has 0 unspecified atom stereocenters. The van der Waals surface area contributed by atoms with Crippen LogP contribution < -0.4 is 5.32 Å². The van der Waals surface area contributed by atoms with Crippen LogP contribution in [0.1, 0.15) is 23.9 Å². The molecule has 1 aromatic heterocycles. The Labute approximate surface area is 122 Å². The van der Waals surface area contributed by atoms with Gasteiger partial charge >= 0.3 is 0 Å². The minimum atomic E-state index is -0.0403. The van der Waals surface area contributed by atoms with E-state index in [1.165, 1.54) is 11.8 Å². The van der Waals surface area contributed by atoms with Crippen LogP contribution in [-0.2, 0) is 11.2 Å². The molecule has 106 valence electrons. The Morgan fingerprint density at radius 3 is 2.85 bits per heavy atom. The van der Waals surface area contributed by atoms with Crippen LogP contribution >= 0.6 is 11.8 Å². The second-order valence-electron chi connectivity index (χ2n) is 4.50. The van der Waals surface area contributed by atoms with Crippen LogP contribution in [0.2, 0.25) is 0 Å². The van der Waals surface area contributed by atoms with Crippen molar-refractivity contribution in [3.63, 3.8) is 0 Å². The molecule has 0 saturated heterocycles. The van der Waals surface area contributed by atoms with Crippen molar-refractivity contribution in [3.05, 3.63) is 35.2 Å². The Kier molecular flexibility index (Phi) is 4.79. The number of aromatic nitrogens is 3. The summed E-state index contributed by atoms with van der Waals surface area (Å²) < 4.78 is 0. The molecule has 0 spiro atoms. The van der Waals surface area contributed by atoms with Crippen LogP contribution in [0.5, 0.6) is 0 Å². The third-order valence-electron chi connectivity index (χ3n) is 2.91. The number of rotatable bonds is 5. The smallest absolute Gasteiger partial charge is 0.234 e. The van der Waals surface area contributed by atoms with E-state index in [0.29, 0.717) is 10.9 Å². The Hall–Kier alpha value is -1.82. The molecule has 6 heteroatoms. The predicted molar refractivity (Wildman–Crippen MR) is 81.0 cm³/mol. The average molecular weight is 290 g/mol. The summed E-state index contributed by atoms with van der Waals surface area (Å²) in [4.78, 5) is 16.2. The standard InChI is InChI=1S/C14H18N4OS/c1-4-11-7-5-6-9(2)13(11)16-12(19)8-20-14-15-10(3)17-18-14/h5-7H,4,8H2,1-3H3,(H,16,19)(H,15,17,18). The number of aromatic amines is 1. The lowest BCUT2D eigenvalue weighted by molar-refractivity contribution is -0.113. The lowest BCUT2D eigenvalue weighted by atomic mass is 10.1. The monoisotopic (exact) mass is 290 g/mol. The third kappa shape index (κ3) is 3.60. The van der Waals surface area contributed by atoms with Crippen LogP contribution in [0, 0.1) is 13.8 Å². The maximum atomic E-state index is 12.0. The average Bonchev–Trinajstić information content (AvgIpc) is 2.84. The molecule has 1 aromatic carbocycles. The third-order valence-corrected chi connectivity index (χ3v) is 3.76. The highest BCUT2D eigenvalue weighted by molar-refractivity contribution is 7.99. The number of benzene rings is 1. The summed E-state index contributed by atoms with van der Waals surface area (Å²) in [5, 5.41) is 10.3. The van der Waals surface area contributed by atoms with Gasteiger partial charge in [-0.2, -0.15) is 0 Å². The summed E-state index contributed by atoms with van der Waals surface area (Å²) in [6.07, 6.45) is 0.893. The molecule has 2 N–H and O–H groups in total. The van der Waals surface area contributed by atoms with E-state index < -0.39 is 0 Å². The van der Waals surface area contributed by atoms with Crippen LogP contribution in [0.4, 0.5) is 5.69 Å². The number of hydrogen-bond donors (Lipinski definition) is 2. The topological polar surface area (TPSA) is 70.7 Å². The van der Waals surface area contributed by atoms with Crippen molar-refractivity contribution in [2.75, 3.05) is 11.1 Å². The molecule has 0 radical (unpaired) electrons. The van der Waals surface area contributed by atoms with Crippen LogP contribution in [0.25, 0.3) is 0 Å². The van der Waals surface area contributed by atoms with Crippen molar-refractivity contribution in [1.82, 2.24) is 15.2 Å². The van der Waals surface area contributed by atoms with Gasteiger partial charge in [0.2, 0.25) is 11.1 Å². The summed E-state index contributed by atoms with van der Waals surface area (Å²) in [5.41, 5.74) is 3.15. The number of carbonyl (C=O) groups excluding carboxylic acids is 1. The number of H-pyrrole nitrogens is 1. The maximum Gasteiger partial charge on any atom is 0.234 e. The van der Waals surface area contributed by atoms with Gasteiger partial charge in [-0.1, -0.05) is 36.9 Å². The van der Waals surface area contributed by atoms with Crippen LogP contribution in [0.3, 0.4) is 0 Å². The van der Waals surface area contributed by atoms with Gasteiger partial charge in [0.1, 0.15) is 5.82 Å². The highest BCUT2D eigenvalue weighted by atomic mass is 32.2. The number of nitrogens with one attached hydrogen (secondary N) is 2. The van der Waals surface area contributed by atoms with E-state index in [0.717, 1.165) is 29.1 Å². The summed E-state index contributed by atoms with van der Waals surface area (Å²) >= 11 is 1.32. The molecule has 0 bridgehead atoms. The molecule has 0 aliphatic carbocycles. The van der Waals surface area contributed by atoms with E-state index in [1.54, 1.807) is 0 Å². The molecule has 1 heterocycles. The fourth-order valence-electron chi connectivity index (χ4n) is 1.89. The zero-order valence-electron chi connectivity index (χ0n) is 11.9. The predicted octanol–water partition coefficient (Wildman–Crippen LogP) is 2.71. The van der Waals surface area contributed by atoms with Crippen molar-refractivity contribution in [2.24, 2.45) is 0 Å². The summed E-state index contributed by atoms with van der Waals surface area (Å²) in [5.74, 6) is 1.01. The van der Waals surface area contributed by atoms with E-state index in [1.807, 2.05) is 32.0 Å². The first kappa shape index (κ1) is 14.6. The first-order chi connectivity index (χ1) is 9.60. The van der Waals surface area contributed by atoms with Crippen molar-refractivity contribution in [3.8, 4) is 0 Å². The Morgan fingerprint density at radius 2 is 2.20 bits per heavy atom. The van der Waals surface area contributed by atoms with Crippen molar-refractivity contribution >= 4 is 23.4 Å². The quantitative estimate of drug-likeness (QED) is 0.831. The van der Waals surface area contributed by atoms with E-state index in [-0.39, 0.29) is 5.91 Å². The summed E-state index contributed by atoms with van der Waals surface area (Å²) in [7, 11) is 0. The highest BCUT2D eigenvalue weighted by Gasteiger charge is 2.10. The molecule has 0 aliphatic rings. The van der Waals surface area contributed by atoms with Gasteiger partial charge in [0.25, 0.3) is 0 Å². The minimum absolute atomic E-state index is 0.0403. The van der Waals surface area contributed by atoms with Crippen LogP contribution in [-0.4, -0.2) is 26.8 Å². The van der Waals surface area contributed by atoms with Gasteiger partial charge < -0.3 is 5.32 Å². The Morgan fingerprint density at radius 1 is 1.40 bits per heavy atom. The number of para-hydroxylation sites is 1. The summed E-state index contributed by atoms with van der Waals surface area (Å²) in [6.45, 7) is 5.91. The number of anilines is 1. The maximum absolute atomic E-state index is 12.0. The van der Waals surface area contributed by atoms with Crippen molar-refractivity contribution in [1.29, 1.82) is 0 Å². The first-order valence-corrected chi connectivity index (χ1v) is 7.49. The number of amides is 1. The van der Waals surface area contributed by atoms with Crippen molar-refractivity contribution in [2.45, 2.75) is 32.3 Å². The zero-order chi connectivity index (χ0) is 14.5. The normalized spacial score (nSPS) is 10.6. The van der Waals surface area contributed by atoms with Gasteiger partial charge in [-0.15, -0.1) is 5.10 Å². The Bertz CT molecular complexity index is 609. The second-order valence-corrected chi connectivity index (χ2v) is 5.45. The number of carbonyl (C=O) groups is 1. The van der Waals surface area contributed by atoms with Gasteiger partial charge in [0.05, 0.1) is 5.75 Å². The molecule has 2 rings (SSSR count). The van der Waals surface area contributed by atoms with Gasteiger partial charge in [0, 0.05) is 5.69 Å². The SMILES string of the molecule is CCc1cccc(C)c1NC(=O)CSc1n[nH]c(C)n1. The van der Waals surface area contributed by atoms with Gasteiger partial charge in [-0.05, 0) is 31.4 Å². The number of nitrogens with zero attached hydrogens (tertiary/aromatic N) is 2. The fourth-order valence-corrected chi connectivity index (χ4v) is 2.54. The largest absolute Gasteiger partial charge is 0.325 e. The summed E-state index contributed by atoms with van der Waals surface area (Å²) in [6, 6.07) is 6.05. The molecule has 0 fully saturated rings. The zero-order valence-corrected chi connectivity index (χ0v) is 12.7. The number of hydrogen-bond acceptors (Lipinski definition) is 4. The van der Waals surface area contributed by atoms with E-state index >= 15 is 0 Å². The molecule has 0 saturated carbocycles. The van der Waals surface area contributed by atoms with Gasteiger partial charge in [-0.25, -0.2) is 4.98 Å². The van der Waals surface area contributed by atoms with E-state index in [2.05, 4.69) is 27.4 Å². The highest BCUT2D eigenvalue weighted by Crippen LogP contribution is 2.21. The van der Waals surface area contributed by atoms with Gasteiger partial charge in [0.15, 0.2) is 0 Å². The fraction of sp³-hybridized carbons (Fsp3) is 0.357. The molecule has 5 nitrogen and oxygen atoms in total. The molecular formula is C14H18N4OS. The first-order valence-electron chi connectivity index (χ1n) is 6.50. The van der Waals surface area contributed by atoms with Crippen molar-refractivity contribution < 1.29 is 4.79 Å².